The minimum Gasteiger partial charge on any atom is -0.289 e. The molecule has 2 aromatic rings. The van der Waals surface area contributed by atoms with Crippen LogP contribution >= 0.6 is 11.6 Å². The third kappa shape index (κ3) is 2.97. The van der Waals surface area contributed by atoms with Gasteiger partial charge in [0.2, 0.25) is 6.08 Å². The van der Waals surface area contributed by atoms with Gasteiger partial charge in [0.05, 0.1) is 10.7 Å². The van der Waals surface area contributed by atoms with Crippen LogP contribution in [0, 0.1) is 6.92 Å². The van der Waals surface area contributed by atoms with Crippen LogP contribution in [0.5, 0.6) is 0 Å². The molecule has 0 aliphatic heterocycles. The average Bonchev–Trinajstić information content (AvgIpc) is 2.41. The molecule has 0 unspecified atom stereocenters. The first kappa shape index (κ1) is 13.2. The topological polar surface area (TPSA) is 46.5 Å². The van der Waals surface area contributed by atoms with Crippen LogP contribution in [0.15, 0.2) is 47.5 Å². The molecule has 0 aliphatic carbocycles. The number of carbonyl (C=O) groups is 1. The predicted octanol–water partition coefficient (Wildman–Crippen LogP) is 3.85. The van der Waals surface area contributed by atoms with Crippen molar-refractivity contribution < 1.29 is 9.59 Å². The number of rotatable bonds is 3. The Bertz CT molecular complexity index is 671. The fourth-order valence-corrected chi connectivity index (χ4v) is 1.82. The van der Waals surface area contributed by atoms with Gasteiger partial charge in [0, 0.05) is 11.1 Å². The third-order valence-corrected chi connectivity index (χ3v) is 3.01. The van der Waals surface area contributed by atoms with Crippen molar-refractivity contribution in [3.05, 3.63) is 64.2 Å². The fourth-order valence-electron chi connectivity index (χ4n) is 1.66. The van der Waals surface area contributed by atoms with E-state index in [1.807, 2.05) is 19.1 Å². The average molecular weight is 272 g/mol. The summed E-state index contributed by atoms with van der Waals surface area (Å²) in [5.41, 5.74) is 2.34. The van der Waals surface area contributed by atoms with Crippen LogP contribution in [0.25, 0.3) is 0 Å². The molecule has 3 nitrogen and oxygen atoms in total. The lowest BCUT2D eigenvalue weighted by Gasteiger charge is -2.03. The van der Waals surface area contributed by atoms with Crippen LogP contribution in [-0.2, 0) is 4.79 Å². The number of nitrogens with zero attached hydrogens (tertiary/aromatic N) is 1. The number of carbonyl (C=O) groups excluding carboxylic acids is 2. The summed E-state index contributed by atoms with van der Waals surface area (Å²) in [4.78, 5) is 26.0. The van der Waals surface area contributed by atoms with Crippen LogP contribution in [0.1, 0.15) is 21.5 Å². The smallest absolute Gasteiger partial charge is 0.240 e. The van der Waals surface area contributed by atoms with Crippen LogP contribution in [0.4, 0.5) is 5.69 Å². The number of aryl methyl sites for hydroxylation is 1. The lowest BCUT2D eigenvalue weighted by molar-refractivity contribution is 0.103. The van der Waals surface area contributed by atoms with Gasteiger partial charge in [0.25, 0.3) is 0 Å². The highest BCUT2D eigenvalue weighted by atomic mass is 35.5. The molecule has 94 valence electrons. The van der Waals surface area contributed by atoms with E-state index in [1.165, 1.54) is 12.1 Å². The summed E-state index contributed by atoms with van der Waals surface area (Å²) in [5, 5.41) is 0.309. The van der Waals surface area contributed by atoms with Crippen LogP contribution < -0.4 is 0 Å². The fraction of sp³-hybridized carbons (Fsp3) is 0.0667. The molecule has 0 atom stereocenters. The van der Waals surface area contributed by atoms with Crippen molar-refractivity contribution in [1.29, 1.82) is 0 Å². The van der Waals surface area contributed by atoms with Crippen molar-refractivity contribution in [3.8, 4) is 0 Å². The molecule has 0 amide bonds. The van der Waals surface area contributed by atoms with Crippen LogP contribution in [0.2, 0.25) is 5.02 Å². The Morgan fingerprint density at radius 2 is 1.74 bits per heavy atom. The first-order valence-corrected chi connectivity index (χ1v) is 5.98. The van der Waals surface area contributed by atoms with Gasteiger partial charge in [0.1, 0.15) is 0 Å². The zero-order chi connectivity index (χ0) is 13.8. The summed E-state index contributed by atoms with van der Waals surface area (Å²) in [5.74, 6) is -0.140. The highest BCUT2D eigenvalue weighted by Gasteiger charge is 2.11. The molecule has 0 heterocycles. The van der Waals surface area contributed by atoms with E-state index in [9.17, 15) is 9.59 Å². The second-order valence-corrected chi connectivity index (χ2v) is 4.47. The molecule has 0 aliphatic rings. The van der Waals surface area contributed by atoms with Gasteiger partial charge in [-0.1, -0.05) is 41.4 Å². The number of halogens is 1. The van der Waals surface area contributed by atoms with Gasteiger partial charge >= 0.3 is 0 Å². The summed E-state index contributed by atoms with van der Waals surface area (Å²) in [6, 6.07) is 11.9. The number of hydrogen-bond acceptors (Lipinski definition) is 3. The van der Waals surface area contributed by atoms with E-state index in [1.54, 1.807) is 24.3 Å². The minimum absolute atomic E-state index is 0.140. The molecule has 2 rings (SSSR count). The van der Waals surface area contributed by atoms with E-state index in [2.05, 4.69) is 4.99 Å². The van der Waals surface area contributed by atoms with Crippen LogP contribution in [0.3, 0.4) is 0 Å². The van der Waals surface area contributed by atoms with E-state index in [-0.39, 0.29) is 11.5 Å². The Labute approximate surface area is 115 Å². The van der Waals surface area contributed by atoms with Crippen molar-refractivity contribution in [2.75, 3.05) is 0 Å². The molecule has 0 saturated carbocycles. The molecular formula is C15H10ClNO2. The van der Waals surface area contributed by atoms with Crippen molar-refractivity contribution in [2.24, 2.45) is 4.99 Å². The van der Waals surface area contributed by atoms with Crippen molar-refractivity contribution in [1.82, 2.24) is 0 Å². The molecule has 0 fully saturated rings. The third-order valence-electron chi connectivity index (χ3n) is 2.69. The molecule has 0 N–H and O–H groups in total. The first-order valence-electron chi connectivity index (χ1n) is 5.60. The summed E-state index contributed by atoms with van der Waals surface area (Å²) in [6.45, 7) is 1.95. The largest absolute Gasteiger partial charge is 0.289 e. The van der Waals surface area contributed by atoms with E-state index in [4.69, 9.17) is 11.6 Å². The highest BCUT2D eigenvalue weighted by Crippen LogP contribution is 2.26. The minimum atomic E-state index is -0.140. The monoisotopic (exact) mass is 271 g/mol. The van der Waals surface area contributed by atoms with Gasteiger partial charge in [-0.05, 0) is 25.1 Å². The second-order valence-electron chi connectivity index (χ2n) is 4.06. The first-order chi connectivity index (χ1) is 9.11. The Hall–Kier alpha value is -2.22. The van der Waals surface area contributed by atoms with Gasteiger partial charge in [-0.15, -0.1) is 0 Å². The molecule has 0 spiro atoms. The molecule has 19 heavy (non-hydrogen) atoms. The summed E-state index contributed by atoms with van der Waals surface area (Å²) >= 11 is 5.86. The lowest BCUT2D eigenvalue weighted by Crippen LogP contribution is -2.00. The summed E-state index contributed by atoms with van der Waals surface area (Å²) < 4.78 is 0. The number of aliphatic imine (C=N–C) groups is 1. The SMILES string of the molecule is Cc1ccc(C(=O)c2ccc(Cl)c(N=C=O)c2)cc1. The Balaban J connectivity index is 2.41. The zero-order valence-corrected chi connectivity index (χ0v) is 10.9. The molecule has 0 radical (unpaired) electrons. The van der Waals surface area contributed by atoms with Crippen molar-refractivity contribution in [3.63, 3.8) is 0 Å². The normalized spacial score (nSPS) is 9.79. The van der Waals surface area contributed by atoms with Gasteiger partial charge < -0.3 is 0 Å². The molecule has 0 bridgehead atoms. The second kappa shape index (κ2) is 5.61. The van der Waals surface area contributed by atoms with Crippen molar-refractivity contribution >= 4 is 29.2 Å². The number of isocyanates is 1. The predicted molar refractivity (Wildman–Crippen MR) is 73.8 cm³/mol. The maximum atomic E-state index is 12.2. The summed E-state index contributed by atoms with van der Waals surface area (Å²) in [7, 11) is 0. The van der Waals surface area contributed by atoms with Crippen LogP contribution in [-0.4, -0.2) is 11.9 Å². The van der Waals surface area contributed by atoms with E-state index < -0.39 is 0 Å². The Morgan fingerprint density at radius 1 is 1.11 bits per heavy atom. The molecule has 4 heteroatoms. The maximum absolute atomic E-state index is 12.2. The number of benzene rings is 2. The highest BCUT2D eigenvalue weighted by molar-refractivity contribution is 6.33. The lowest BCUT2D eigenvalue weighted by atomic mass is 10.0. The van der Waals surface area contributed by atoms with E-state index in [0.29, 0.717) is 16.1 Å². The quantitative estimate of drug-likeness (QED) is 0.484. The van der Waals surface area contributed by atoms with E-state index in [0.717, 1.165) is 5.56 Å². The zero-order valence-electron chi connectivity index (χ0n) is 10.2. The van der Waals surface area contributed by atoms with E-state index >= 15 is 0 Å². The summed E-state index contributed by atoms with van der Waals surface area (Å²) in [6.07, 6.45) is 1.42. The maximum Gasteiger partial charge on any atom is 0.240 e. The molecular weight excluding hydrogens is 262 g/mol. The van der Waals surface area contributed by atoms with Gasteiger partial charge in [-0.2, -0.15) is 4.99 Å². The number of hydrogen-bond donors (Lipinski definition) is 0. The molecule has 0 aromatic heterocycles. The number of ketones is 1. The van der Waals surface area contributed by atoms with Crippen molar-refractivity contribution in [2.45, 2.75) is 6.92 Å². The molecule has 0 saturated heterocycles. The Morgan fingerprint density at radius 3 is 2.37 bits per heavy atom. The Kier molecular flexibility index (Phi) is 3.91. The molecule has 2 aromatic carbocycles. The van der Waals surface area contributed by atoms with Gasteiger partial charge in [0.15, 0.2) is 5.78 Å². The van der Waals surface area contributed by atoms with Gasteiger partial charge in [-0.25, -0.2) is 4.79 Å². The standard InChI is InChI=1S/C15H10ClNO2/c1-10-2-4-11(5-3-10)15(19)12-6-7-13(16)14(8-12)17-9-18/h2-8H,1H3. The van der Waals surface area contributed by atoms with Gasteiger partial charge in [-0.3, -0.25) is 4.79 Å².